The van der Waals surface area contributed by atoms with Crippen LogP contribution in [0.2, 0.25) is 0 Å². The van der Waals surface area contributed by atoms with E-state index < -0.39 is 11.2 Å². The van der Waals surface area contributed by atoms with Crippen molar-refractivity contribution in [3.05, 3.63) is 0 Å². The van der Waals surface area contributed by atoms with Gasteiger partial charge in [0.15, 0.2) is 0 Å². The van der Waals surface area contributed by atoms with E-state index in [4.69, 9.17) is 0 Å². The SMILES string of the molecule is O=C1CCCC[C@H]1[C@@]1(O)CCCC[C@@H]1C1(O)CCCCC1. The lowest BCUT2D eigenvalue weighted by Crippen LogP contribution is -2.59. The molecule has 3 atom stereocenters. The van der Waals surface area contributed by atoms with Crippen LogP contribution in [0, 0.1) is 11.8 Å². The number of carbonyl (C=O) groups is 1. The molecule has 3 fully saturated rings. The molecule has 3 heteroatoms. The summed E-state index contributed by atoms with van der Waals surface area (Å²) in [6.45, 7) is 0. The van der Waals surface area contributed by atoms with E-state index in [1.807, 2.05) is 0 Å². The summed E-state index contributed by atoms with van der Waals surface area (Å²) in [6, 6.07) is 0. The van der Waals surface area contributed by atoms with Gasteiger partial charge in [-0.15, -0.1) is 0 Å². The van der Waals surface area contributed by atoms with Crippen molar-refractivity contribution in [2.75, 3.05) is 0 Å². The molecule has 0 heterocycles. The summed E-state index contributed by atoms with van der Waals surface area (Å²) in [5, 5.41) is 22.6. The molecule has 0 aliphatic heterocycles. The predicted octanol–water partition coefficient (Wildman–Crippen LogP) is 3.36. The lowest BCUT2D eigenvalue weighted by molar-refractivity contribution is -0.187. The van der Waals surface area contributed by atoms with Crippen LogP contribution in [0.4, 0.5) is 0 Å². The van der Waals surface area contributed by atoms with Gasteiger partial charge in [0.05, 0.1) is 11.2 Å². The highest BCUT2D eigenvalue weighted by Gasteiger charge is 2.55. The van der Waals surface area contributed by atoms with Gasteiger partial charge < -0.3 is 10.2 Å². The molecule has 2 N–H and O–H groups in total. The molecule has 0 aromatic heterocycles. The summed E-state index contributed by atoms with van der Waals surface area (Å²) in [4.78, 5) is 12.4. The van der Waals surface area contributed by atoms with Crippen LogP contribution in [0.5, 0.6) is 0 Å². The molecule has 0 aromatic rings. The normalized spacial score (nSPS) is 41.0. The van der Waals surface area contributed by atoms with Crippen molar-refractivity contribution in [3.63, 3.8) is 0 Å². The second-order valence-corrected chi connectivity index (χ2v) is 7.72. The molecule has 0 unspecified atom stereocenters. The summed E-state index contributed by atoms with van der Waals surface area (Å²) >= 11 is 0. The lowest BCUT2D eigenvalue weighted by atomic mass is 9.57. The first-order valence-electron chi connectivity index (χ1n) is 9.04. The zero-order valence-electron chi connectivity index (χ0n) is 13.1. The smallest absolute Gasteiger partial charge is 0.138 e. The summed E-state index contributed by atoms with van der Waals surface area (Å²) in [6.07, 6.45) is 12.0. The minimum Gasteiger partial charge on any atom is -0.389 e. The topological polar surface area (TPSA) is 57.5 Å². The van der Waals surface area contributed by atoms with Gasteiger partial charge in [-0.2, -0.15) is 0 Å². The third-order valence-corrected chi connectivity index (χ3v) is 6.45. The first-order valence-corrected chi connectivity index (χ1v) is 9.04. The molecule has 3 rings (SSSR count). The number of Topliss-reactive ketones (excluding diaryl/α,β-unsaturated/α-hetero) is 1. The Bertz CT molecular complexity index is 386. The van der Waals surface area contributed by atoms with Crippen LogP contribution in [0.15, 0.2) is 0 Å². The number of hydrogen-bond donors (Lipinski definition) is 2. The quantitative estimate of drug-likeness (QED) is 0.821. The highest BCUT2D eigenvalue weighted by Crippen LogP contribution is 2.51. The van der Waals surface area contributed by atoms with Gasteiger partial charge in [-0.1, -0.05) is 38.5 Å². The minimum atomic E-state index is -0.943. The van der Waals surface area contributed by atoms with E-state index in [1.165, 1.54) is 6.42 Å². The number of ketones is 1. The van der Waals surface area contributed by atoms with Gasteiger partial charge in [-0.3, -0.25) is 4.79 Å². The van der Waals surface area contributed by atoms with Crippen molar-refractivity contribution >= 4 is 5.78 Å². The maximum atomic E-state index is 12.4. The van der Waals surface area contributed by atoms with Crippen LogP contribution in [0.25, 0.3) is 0 Å². The lowest BCUT2D eigenvalue weighted by Gasteiger charge is -2.53. The van der Waals surface area contributed by atoms with Gasteiger partial charge in [0.2, 0.25) is 0 Å². The zero-order chi connectivity index (χ0) is 14.9. The molecular formula is C18H30O3. The second kappa shape index (κ2) is 6.00. The molecular weight excluding hydrogens is 264 g/mol. The van der Waals surface area contributed by atoms with Gasteiger partial charge in [0.1, 0.15) is 5.78 Å². The molecule has 3 aliphatic rings. The van der Waals surface area contributed by atoms with Gasteiger partial charge in [0, 0.05) is 18.3 Å². The first-order chi connectivity index (χ1) is 10.1. The molecule has 0 saturated heterocycles. The molecule has 120 valence electrons. The van der Waals surface area contributed by atoms with E-state index in [1.54, 1.807) is 0 Å². The average Bonchev–Trinajstić information content (AvgIpc) is 2.48. The molecule has 0 amide bonds. The Labute approximate surface area is 128 Å². The monoisotopic (exact) mass is 294 g/mol. The van der Waals surface area contributed by atoms with E-state index in [9.17, 15) is 15.0 Å². The van der Waals surface area contributed by atoms with E-state index >= 15 is 0 Å². The van der Waals surface area contributed by atoms with Crippen molar-refractivity contribution in [3.8, 4) is 0 Å². The highest BCUT2D eigenvalue weighted by molar-refractivity contribution is 5.83. The molecule has 0 spiro atoms. The Morgan fingerprint density at radius 3 is 2.19 bits per heavy atom. The minimum absolute atomic E-state index is 0.0916. The van der Waals surface area contributed by atoms with Crippen LogP contribution in [0.3, 0.4) is 0 Å². The summed E-state index contributed by atoms with van der Waals surface area (Å²) in [5.74, 6) is -0.0661. The summed E-state index contributed by atoms with van der Waals surface area (Å²) < 4.78 is 0. The molecule has 3 nitrogen and oxygen atoms in total. The summed E-state index contributed by atoms with van der Waals surface area (Å²) in [7, 11) is 0. The van der Waals surface area contributed by atoms with Crippen LogP contribution in [-0.4, -0.2) is 27.2 Å². The van der Waals surface area contributed by atoms with Gasteiger partial charge in [0.25, 0.3) is 0 Å². The highest BCUT2D eigenvalue weighted by atomic mass is 16.3. The summed E-state index contributed by atoms with van der Waals surface area (Å²) in [5.41, 5.74) is -1.67. The van der Waals surface area contributed by atoms with Crippen molar-refractivity contribution in [2.45, 2.75) is 94.7 Å². The van der Waals surface area contributed by atoms with Crippen LogP contribution in [-0.2, 0) is 4.79 Å². The Balaban J connectivity index is 1.87. The third-order valence-electron chi connectivity index (χ3n) is 6.45. The number of rotatable bonds is 2. The van der Waals surface area contributed by atoms with E-state index in [0.717, 1.165) is 64.2 Å². The third kappa shape index (κ3) is 2.79. The van der Waals surface area contributed by atoms with Crippen LogP contribution < -0.4 is 0 Å². The Hall–Kier alpha value is -0.410. The molecule has 0 radical (unpaired) electrons. The Morgan fingerprint density at radius 2 is 1.48 bits per heavy atom. The molecule has 3 aliphatic carbocycles. The zero-order valence-corrected chi connectivity index (χ0v) is 13.1. The first kappa shape index (κ1) is 15.5. The second-order valence-electron chi connectivity index (χ2n) is 7.72. The van der Waals surface area contributed by atoms with Gasteiger partial charge in [-0.25, -0.2) is 0 Å². The Kier molecular flexibility index (Phi) is 4.42. The Morgan fingerprint density at radius 1 is 0.810 bits per heavy atom. The molecule has 3 saturated carbocycles. The van der Waals surface area contributed by atoms with Crippen molar-refractivity contribution < 1.29 is 15.0 Å². The molecule has 0 bridgehead atoms. The number of carbonyl (C=O) groups excluding carboxylic acids is 1. The molecule has 0 aromatic carbocycles. The fraction of sp³-hybridized carbons (Fsp3) is 0.944. The fourth-order valence-corrected chi connectivity index (χ4v) is 5.36. The van der Waals surface area contributed by atoms with Crippen LogP contribution in [0.1, 0.15) is 83.5 Å². The van der Waals surface area contributed by atoms with Gasteiger partial charge >= 0.3 is 0 Å². The average molecular weight is 294 g/mol. The number of aliphatic hydroxyl groups is 2. The maximum Gasteiger partial charge on any atom is 0.138 e. The van der Waals surface area contributed by atoms with E-state index in [2.05, 4.69) is 0 Å². The standard InChI is InChI=1S/C18H30O3/c19-15-9-3-2-8-14(15)18(21)13-7-4-10-16(18)17(20)11-5-1-6-12-17/h14,16,20-21H,1-13H2/t14-,16-,18+/m1/s1. The maximum absolute atomic E-state index is 12.4. The van der Waals surface area contributed by atoms with Crippen LogP contribution >= 0.6 is 0 Å². The number of hydrogen-bond acceptors (Lipinski definition) is 3. The van der Waals surface area contributed by atoms with Gasteiger partial charge in [-0.05, 0) is 38.5 Å². The largest absolute Gasteiger partial charge is 0.389 e. The fourth-order valence-electron chi connectivity index (χ4n) is 5.36. The van der Waals surface area contributed by atoms with Crippen molar-refractivity contribution in [2.24, 2.45) is 11.8 Å². The van der Waals surface area contributed by atoms with Crippen molar-refractivity contribution in [1.82, 2.24) is 0 Å². The van der Waals surface area contributed by atoms with Crippen molar-refractivity contribution in [1.29, 1.82) is 0 Å². The predicted molar refractivity (Wildman–Crippen MR) is 81.9 cm³/mol. The molecule has 21 heavy (non-hydrogen) atoms. The van der Waals surface area contributed by atoms with E-state index in [-0.39, 0.29) is 17.6 Å². The van der Waals surface area contributed by atoms with E-state index in [0.29, 0.717) is 12.8 Å².